The van der Waals surface area contributed by atoms with Gasteiger partial charge >= 0.3 is 0 Å². The molecule has 19 heavy (non-hydrogen) atoms. The fourth-order valence-electron chi connectivity index (χ4n) is 1.65. The summed E-state index contributed by atoms with van der Waals surface area (Å²) in [7, 11) is 1.65. The van der Waals surface area contributed by atoms with Gasteiger partial charge in [-0.05, 0) is 24.6 Å². The fraction of sp³-hybridized carbons (Fsp3) is 0.231. The van der Waals surface area contributed by atoms with Crippen molar-refractivity contribution in [1.82, 2.24) is 9.97 Å². The highest BCUT2D eigenvalue weighted by molar-refractivity contribution is 5.41. The summed E-state index contributed by atoms with van der Waals surface area (Å²) in [5.41, 5.74) is 4.48. The van der Waals surface area contributed by atoms with E-state index in [4.69, 9.17) is 10.6 Å². The number of nitrogens with one attached hydrogen (secondary N) is 2. The molecule has 0 saturated carbocycles. The number of nitrogens with zero attached hydrogens (tertiary/aromatic N) is 2. The molecule has 100 valence electrons. The van der Waals surface area contributed by atoms with Crippen molar-refractivity contribution in [3.63, 3.8) is 0 Å². The van der Waals surface area contributed by atoms with Gasteiger partial charge in [-0.15, -0.1) is 0 Å². The van der Waals surface area contributed by atoms with E-state index in [1.807, 2.05) is 31.2 Å². The maximum Gasteiger partial charge on any atom is 0.225 e. The Bertz CT molecular complexity index is 541. The van der Waals surface area contributed by atoms with Crippen LogP contribution < -0.4 is 21.3 Å². The fourth-order valence-corrected chi connectivity index (χ4v) is 1.65. The monoisotopic (exact) mass is 259 g/mol. The standard InChI is InChI=1S/C13H17N5O/c1-9-7-12(18-14)17-13(16-9)15-8-10-3-5-11(19-2)6-4-10/h3-7H,8,14H2,1-2H3,(H2,15,16,17,18). The van der Waals surface area contributed by atoms with Crippen LogP contribution in [0, 0.1) is 6.92 Å². The van der Waals surface area contributed by atoms with Crippen molar-refractivity contribution in [1.29, 1.82) is 0 Å². The number of rotatable bonds is 5. The highest BCUT2D eigenvalue weighted by Crippen LogP contribution is 2.13. The first-order valence-corrected chi connectivity index (χ1v) is 5.90. The van der Waals surface area contributed by atoms with E-state index < -0.39 is 0 Å². The van der Waals surface area contributed by atoms with E-state index >= 15 is 0 Å². The lowest BCUT2D eigenvalue weighted by molar-refractivity contribution is 0.414. The highest BCUT2D eigenvalue weighted by Gasteiger charge is 2.01. The molecule has 0 amide bonds. The zero-order valence-corrected chi connectivity index (χ0v) is 11.0. The number of methoxy groups -OCH3 is 1. The van der Waals surface area contributed by atoms with Crippen LogP contribution in [0.1, 0.15) is 11.3 Å². The maximum atomic E-state index is 5.34. The van der Waals surface area contributed by atoms with Gasteiger partial charge in [-0.3, -0.25) is 0 Å². The van der Waals surface area contributed by atoms with Gasteiger partial charge in [0.05, 0.1) is 7.11 Å². The summed E-state index contributed by atoms with van der Waals surface area (Å²) in [6.07, 6.45) is 0. The molecule has 0 atom stereocenters. The van der Waals surface area contributed by atoms with Crippen LogP contribution in [0.3, 0.4) is 0 Å². The molecular formula is C13H17N5O. The molecule has 1 heterocycles. The number of ether oxygens (including phenoxy) is 1. The van der Waals surface area contributed by atoms with Crippen LogP contribution in [-0.2, 0) is 6.54 Å². The van der Waals surface area contributed by atoms with Gasteiger partial charge in [-0.2, -0.15) is 4.98 Å². The molecule has 2 rings (SSSR count). The predicted octanol–water partition coefficient (Wildman–Crippen LogP) is 1.69. The van der Waals surface area contributed by atoms with Gasteiger partial charge in [0.2, 0.25) is 5.95 Å². The SMILES string of the molecule is COc1ccc(CNc2nc(C)cc(NN)n2)cc1. The van der Waals surface area contributed by atoms with Gasteiger partial charge in [-0.1, -0.05) is 12.1 Å². The molecule has 6 heteroatoms. The summed E-state index contributed by atoms with van der Waals surface area (Å²) in [6.45, 7) is 2.53. The Morgan fingerprint density at radius 1 is 1.21 bits per heavy atom. The van der Waals surface area contributed by atoms with Gasteiger partial charge in [-0.25, -0.2) is 10.8 Å². The summed E-state index contributed by atoms with van der Waals surface area (Å²) in [5.74, 6) is 7.32. The highest BCUT2D eigenvalue weighted by atomic mass is 16.5. The molecule has 0 fully saturated rings. The topological polar surface area (TPSA) is 85.1 Å². The van der Waals surface area contributed by atoms with E-state index in [0.717, 1.165) is 17.0 Å². The molecule has 0 aliphatic heterocycles. The van der Waals surface area contributed by atoms with Crippen LogP contribution in [0.2, 0.25) is 0 Å². The average Bonchev–Trinajstić information content (AvgIpc) is 2.45. The van der Waals surface area contributed by atoms with Crippen LogP contribution in [-0.4, -0.2) is 17.1 Å². The van der Waals surface area contributed by atoms with Crippen molar-refractivity contribution >= 4 is 11.8 Å². The average molecular weight is 259 g/mol. The predicted molar refractivity (Wildman–Crippen MR) is 74.9 cm³/mol. The van der Waals surface area contributed by atoms with Gasteiger partial charge in [0.1, 0.15) is 11.6 Å². The van der Waals surface area contributed by atoms with Crippen LogP contribution in [0.4, 0.5) is 11.8 Å². The van der Waals surface area contributed by atoms with Gasteiger partial charge in [0, 0.05) is 18.3 Å². The summed E-state index contributed by atoms with van der Waals surface area (Å²) in [5, 5.41) is 3.16. The van der Waals surface area contributed by atoms with Crippen molar-refractivity contribution in [3.05, 3.63) is 41.6 Å². The number of benzene rings is 1. The van der Waals surface area contributed by atoms with E-state index in [0.29, 0.717) is 18.3 Å². The third-order valence-electron chi connectivity index (χ3n) is 2.61. The normalized spacial score (nSPS) is 10.1. The van der Waals surface area contributed by atoms with Gasteiger partial charge in [0.15, 0.2) is 0 Å². The quantitative estimate of drug-likeness (QED) is 0.559. The summed E-state index contributed by atoms with van der Waals surface area (Å²) in [6, 6.07) is 9.59. The Morgan fingerprint density at radius 3 is 2.58 bits per heavy atom. The Balaban J connectivity index is 2.03. The number of aromatic nitrogens is 2. The molecule has 0 radical (unpaired) electrons. The molecule has 0 saturated heterocycles. The number of anilines is 2. The summed E-state index contributed by atoms with van der Waals surface area (Å²) in [4.78, 5) is 8.51. The first kappa shape index (κ1) is 13.1. The third kappa shape index (κ3) is 3.56. The van der Waals surface area contributed by atoms with Crippen molar-refractivity contribution in [2.24, 2.45) is 5.84 Å². The molecule has 0 spiro atoms. The molecule has 0 aliphatic rings. The number of hydrazine groups is 1. The van der Waals surface area contributed by atoms with E-state index in [1.54, 1.807) is 13.2 Å². The molecule has 0 aliphatic carbocycles. The lowest BCUT2D eigenvalue weighted by Gasteiger charge is -2.08. The second-order valence-corrected chi connectivity index (χ2v) is 4.06. The Kier molecular flexibility index (Phi) is 4.15. The first-order valence-electron chi connectivity index (χ1n) is 5.90. The largest absolute Gasteiger partial charge is 0.497 e. The van der Waals surface area contributed by atoms with Crippen LogP contribution in [0.15, 0.2) is 30.3 Å². The summed E-state index contributed by atoms with van der Waals surface area (Å²) >= 11 is 0. The van der Waals surface area contributed by atoms with Gasteiger partial charge in [0.25, 0.3) is 0 Å². The van der Waals surface area contributed by atoms with Crippen molar-refractivity contribution in [2.45, 2.75) is 13.5 Å². The third-order valence-corrected chi connectivity index (χ3v) is 2.61. The first-order chi connectivity index (χ1) is 9.21. The summed E-state index contributed by atoms with van der Waals surface area (Å²) < 4.78 is 5.11. The van der Waals surface area contributed by atoms with Crippen LogP contribution in [0.25, 0.3) is 0 Å². The lowest BCUT2D eigenvalue weighted by Crippen LogP contribution is -2.11. The lowest BCUT2D eigenvalue weighted by atomic mass is 10.2. The molecule has 0 unspecified atom stereocenters. The Morgan fingerprint density at radius 2 is 1.95 bits per heavy atom. The van der Waals surface area contributed by atoms with E-state index in [-0.39, 0.29) is 0 Å². The number of aryl methyl sites for hydroxylation is 1. The molecule has 6 nitrogen and oxygen atoms in total. The van der Waals surface area contributed by atoms with Gasteiger partial charge < -0.3 is 15.5 Å². The zero-order chi connectivity index (χ0) is 13.7. The smallest absolute Gasteiger partial charge is 0.225 e. The zero-order valence-electron chi connectivity index (χ0n) is 11.0. The van der Waals surface area contributed by atoms with Crippen molar-refractivity contribution in [2.75, 3.05) is 17.9 Å². The number of nitrogen functional groups attached to an aromatic ring is 1. The van der Waals surface area contributed by atoms with E-state index in [9.17, 15) is 0 Å². The number of nitrogens with two attached hydrogens (primary N) is 1. The van der Waals surface area contributed by atoms with E-state index in [1.165, 1.54) is 0 Å². The minimum Gasteiger partial charge on any atom is -0.497 e. The molecule has 4 N–H and O–H groups in total. The van der Waals surface area contributed by atoms with Crippen LogP contribution in [0.5, 0.6) is 5.75 Å². The Labute approximate surface area is 112 Å². The molecule has 2 aromatic rings. The van der Waals surface area contributed by atoms with Crippen molar-refractivity contribution < 1.29 is 4.74 Å². The maximum absolute atomic E-state index is 5.34. The molecule has 1 aromatic carbocycles. The minimum absolute atomic E-state index is 0.545. The van der Waals surface area contributed by atoms with Crippen LogP contribution >= 0.6 is 0 Å². The van der Waals surface area contributed by atoms with E-state index in [2.05, 4.69) is 20.7 Å². The van der Waals surface area contributed by atoms with Crippen molar-refractivity contribution in [3.8, 4) is 5.75 Å². The molecule has 0 bridgehead atoms. The second kappa shape index (κ2) is 6.01. The molecular weight excluding hydrogens is 242 g/mol. The number of hydrogen-bond donors (Lipinski definition) is 3. The number of hydrogen-bond acceptors (Lipinski definition) is 6. The molecule has 1 aromatic heterocycles. The second-order valence-electron chi connectivity index (χ2n) is 4.06. The Hall–Kier alpha value is -2.34. The minimum atomic E-state index is 0.545.